The molecule has 0 unspecified atom stereocenters. The molecule has 0 spiro atoms. The van der Waals surface area contributed by atoms with Gasteiger partial charge in [0.2, 0.25) is 0 Å². The first-order valence-corrected chi connectivity index (χ1v) is 6.78. The lowest BCUT2D eigenvalue weighted by molar-refractivity contribution is 0.597. The molecular weight excluding hydrogens is 268 g/mol. The SMILES string of the molecule is Cc1nc(S(=O)(=O)Nc2c(C#N)cnn2C)cn1C. The van der Waals surface area contributed by atoms with Crippen LogP contribution in [0.5, 0.6) is 0 Å². The summed E-state index contributed by atoms with van der Waals surface area (Å²) in [7, 11) is -0.589. The predicted molar refractivity (Wildman–Crippen MR) is 66.7 cm³/mol. The molecule has 0 saturated carbocycles. The van der Waals surface area contributed by atoms with E-state index < -0.39 is 10.0 Å². The molecule has 2 rings (SSSR count). The minimum absolute atomic E-state index is 0.0995. The summed E-state index contributed by atoms with van der Waals surface area (Å²) in [4.78, 5) is 3.95. The van der Waals surface area contributed by atoms with Gasteiger partial charge in [-0.2, -0.15) is 18.8 Å². The molecule has 0 aliphatic rings. The first kappa shape index (κ1) is 13.1. The van der Waals surface area contributed by atoms with Crippen LogP contribution in [0.4, 0.5) is 5.82 Å². The van der Waals surface area contributed by atoms with Crippen LogP contribution in [-0.4, -0.2) is 27.7 Å². The summed E-state index contributed by atoms with van der Waals surface area (Å²) in [5.41, 5.74) is 0.152. The van der Waals surface area contributed by atoms with E-state index in [4.69, 9.17) is 5.26 Å². The molecule has 2 aromatic rings. The van der Waals surface area contributed by atoms with Gasteiger partial charge in [0, 0.05) is 20.3 Å². The molecule has 2 heterocycles. The molecule has 1 N–H and O–H groups in total. The zero-order valence-corrected chi connectivity index (χ0v) is 11.4. The van der Waals surface area contributed by atoms with E-state index in [1.165, 1.54) is 17.1 Å². The molecule has 0 bridgehead atoms. The van der Waals surface area contributed by atoms with E-state index >= 15 is 0 Å². The van der Waals surface area contributed by atoms with Gasteiger partial charge in [-0.15, -0.1) is 0 Å². The van der Waals surface area contributed by atoms with Gasteiger partial charge >= 0.3 is 0 Å². The molecule has 0 radical (unpaired) electrons. The minimum Gasteiger partial charge on any atom is -0.337 e. The number of sulfonamides is 1. The minimum atomic E-state index is -3.83. The van der Waals surface area contributed by atoms with Crippen LogP contribution in [0.2, 0.25) is 0 Å². The molecular formula is C10H12N6O2S. The lowest BCUT2D eigenvalue weighted by Crippen LogP contribution is -2.16. The van der Waals surface area contributed by atoms with Crippen molar-refractivity contribution in [1.82, 2.24) is 19.3 Å². The van der Waals surface area contributed by atoms with Gasteiger partial charge in [-0.3, -0.25) is 9.40 Å². The molecule has 0 atom stereocenters. The summed E-state index contributed by atoms with van der Waals surface area (Å²) in [5.74, 6) is 0.691. The molecule has 0 aromatic carbocycles. The van der Waals surface area contributed by atoms with Gasteiger partial charge < -0.3 is 4.57 Å². The Hall–Kier alpha value is -2.34. The summed E-state index contributed by atoms with van der Waals surface area (Å²) in [5, 5.41) is 12.6. The Kier molecular flexibility index (Phi) is 3.03. The van der Waals surface area contributed by atoms with Gasteiger partial charge in [0.25, 0.3) is 10.0 Å². The maximum absolute atomic E-state index is 12.1. The fraction of sp³-hybridized carbons (Fsp3) is 0.300. The first-order chi connectivity index (χ1) is 8.85. The average Bonchev–Trinajstić information content (AvgIpc) is 2.85. The molecule has 9 heteroatoms. The maximum Gasteiger partial charge on any atom is 0.282 e. The molecule has 0 fully saturated rings. The summed E-state index contributed by atoms with van der Waals surface area (Å²) >= 11 is 0. The zero-order valence-electron chi connectivity index (χ0n) is 10.6. The van der Waals surface area contributed by atoms with E-state index in [0.29, 0.717) is 5.82 Å². The van der Waals surface area contributed by atoms with Crippen molar-refractivity contribution in [2.24, 2.45) is 14.1 Å². The monoisotopic (exact) mass is 280 g/mol. The summed E-state index contributed by atoms with van der Waals surface area (Å²) in [6.45, 7) is 1.70. The van der Waals surface area contributed by atoms with Gasteiger partial charge in [0.1, 0.15) is 17.5 Å². The number of hydrogen-bond acceptors (Lipinski definition) is 5. The van der Waals surface area contributed by atoms with E-state index in [1.54, 1.807) is 25.6 Å². The van der Waals surface area contributed by atoms with Gasteiger partial charge in [-0.05, 0) is 6.92 Å². The smallest absolute Gasteiger partial charge is 0.282 e. The van der Waals surface area contributed by atoms with Crippen molar-refractivity contribution in [3.8, 4) is 6.07 Å². The van der Waals surface area contributed by atoms with Gasteiger partial charge in [0.15, 0.2) is 10.8 Å². The normalized spacial score (nSPS) is 11.3. The average molecular weight is 280 g/mol. The van der Waals surface area contributed by atoms with Gasteiger partial charge in [-0.25, -0.2) is 4.98 Å². The number of imidazole rings is 1. The van der Waals surface area contributed by atoms with Crippen LogP contribution in [0.25, 0.3) is 0 Å². The Morgan fingerprint density at radius 1 is 1.42 bits per heavy atom. The molecule has 2 aromatic heterocycles. The van der Waals surface area contributed by atoms with Crippen molar-refractivity contribution in [2.75, 3.05) is 4.72 Å². The van der Waals surface area contributed by atoms with Crippen LogP contribution in [0.15, 0.2) is 17.4 Å². The van der Waals surface area contributed by atoms with E-state index in [9.17, 15) is 8.42 Å². The third kappa shape index (κ3) is 2.30. The number of aryl methyl sites for hydroxylation is 3. The fourth-order valence-corrected chi connectivity index (χ4v) is 2.63. The lowest BCUT2D eigenvalue weighted by Gasteiger charge is -2.06. The molecule has 100 valence electrons. The van der Waals surface area contributed by atoms with Crippen LogP contribution < -0.4 is 4.72 Å². The second-order valence-electron chi connectivity index (χ2n) is 3.99. The van der Waals surface area contributed by atoms with Crippen LogP contribution >= 0.6 is 0 Å². The summed E-state index contributed by atoms with van der Waals surface area (Å²) in [6.07, 6.45) is 2.70. The standard InChI is InChI=1S/C10H12N6O2S/c1-7-13-9(6-15(7)2)19(17,18)14-10-8(4-11)5-12-16(10)3/h5-6,14H,1-3H3. The van der Waals surface area contributed by atoms with Crippen LogP contribution in [-0.2, 0) is 24.1 Å². The Morgan fingerprint density at radius 3 is 2.63 bits per heavy atom. The number of hydrogen-bond donors (Lipinski definition) is 1. The third-order valence-corrected chi connectivity index (χ3v) is 3.86. The number of nitrogens with zero attached hydrogens (tertiary/aromatic N) is 5. The zero-order chi connectivity index (χ0) is 14.2. The number of rotatable bonds is 3. The maximum atomic E-state index is 12.1. The molecule has 0 amide bonds. The molecule has 8 nitrogen and oxygen atoms in total. The van der Waals surface area contributed by atoms with E-state index in [2.05, 4.69) is 14.8 Å². The topological polar surface area (TPSA) is 106 Å². The predicted octanol–water partition coefficient (Wildman–Crippen LogP) is 0.134. The van der Waals surface area contributed by atoms with E-state index in [-0.39, 0.29) is 16.4 Å². The Labute approximate surface area is 110 Å². The molecule has 0 aliphatic carbocycles. The Morgan fingerprint density at radius 2 is 2.11 bits per heavy atom. The van der Waals surface area contributed by atoms with Crippen molar-refractivity contribution in [3.63, 3.8) is 0 Å². The van der Waals surface area contributed by atoms with Crippen molar-refractivity contribution >= 4 is 15.8 Å². The first-order valence-electron chi connectivity index (χ1n) is 5.30. The quantitative estimate of drug-likeness (QED) is 0.860. The van der Waals surface area contributed by atoms with Crippen molar-refractivity contribution < 1.29 is 8.42 Å². The molecule has 0 saturated heterocycles. The van der Waals surface area contributed by atoms with Gasteiger partial charge in [0.05, 0.1) is 6.20 Å². The highest BCUT2D eigenvalue weighted by Crippen LogP contribution is 2.18. The van der Waals surface area contributed by atoms with E-state index in [0.717, 1.165) is 0 Å². The largest absolute Gasteiger partial charge is 0.337 e. The highest BCUT2D eigenvalue weighted by Gasteiger charge is 2.22. The summed E-state index contributed by atoms with van der Waals surface area (Å²) in [6, 6.07) is 1.87. The van der Waals surface area contributed by atoms with Crippen molar-refractivity contribution in [1.29, 1.82) is 5.26 Å². The second-order valence-corrected chi connectivity index (χ2v) is 5.61. The second kappa shape index (κ2) is 4.40. The summed E-state index contributed by atoms with van der Waals surface area (Å²) < 4.78 is 29.5. The Bertz CT molecular complexity index is 745. The van der Waals surface area contributed by atoms with Crippen molar-refractivity contribution in [3.05, 3.63) is 23.8 Å². The molecule has 19 heavy (non-hydrogen) atoms. The number of nitrogens with one attached hydrogen (secondary N) is 1. The lowest BCUT2D eigenvalue weighted by atomic mass is 10.4. The van der Waals surface area contributed by atoms with Crippen molar-refractivity contribution in [2.45, 2.75) is 11.9 Å². The molecule has 0 aliphatic heterocycles. The van der Waals surface area contributed by atoms with Crippen LogP contribution in [0.1, 0.15) is 11.4 Å². The number of anilines is 1. The Balaban J connectivity index is 2.42. The fourth-order valence-electron chi connectivity index (χ4n) is 1.48. The number of aromatic nitrogens is 4. The number of nitriles is 1. The highest BCUT2D eigenvalue weighted by atomic mass is 32.2. The third-order valence-electron chi connectivity index (χ3n) is 2.65. The van der Waals surface area contributed by atoms with Crippen LogP contribution in [0.3, 0.4) is 0 Å². The van der Waals surface area contributed by atoms with Gasteiger partial charge in [-0.1, -0.05) is 0 Å². The highest BCUT2D eigenvalue weighted by molar-refractivity contribution is 7.92. The van der Waals surface area contributed by atoms with E-state index in [1.807, 2.05) is 6.07 Å². The van der Waals surface area contributed by atoms with Crippen LogP contribution in [0, 0.1) is 18.3 Å².